The van der Waals surface area contributed by atoms with Gasteiger partial charge in [0, 0.05) is 35.5 Å². The maximum Gasteiger partial charge on any atom is 0.166 e. The quantitative estimate of drug-likeness (QED) is 0.627. The Balaban J connectivity index is 1.43. The molecule has 5 aliphatic rings. The molecule has 1 spiro atoms. The monoisotopic (exact) mass is 456 g/mol. The molecule has 2 aliphatic heterocycles. The van der Waals surface area contributed by atoms with Gasteiger partial charge in [0.1, 0.15) is 5.75 Å². The third-order valence-electron chi connectivity index (χ3n) is 9.39. The molecule has 3 aromatic rings. The zero-order valence-electron chi connectivity index (χ0n) is 19.3. The third kappa shape index (κ3) is 2.13. The number of piperidine rings is 1. The molecular weight excluding hydrogens is 428 g/mol. The van der Waals surface area contributed by atoms with Crippen LogP contribution in [0.1, 0.15) is 47.8 Å². The average Bonchev–Trinajstić information content (AvgIpc) is 3.58. The van der Waals surface area contributed by atoms with Crippen LogP contribution in [0, 0.1) is 5.92 Å². The SMILES string of the molecule is COc1c2c(nc3ccccc13)C1Oc3c(O)ccc4c3[C@@]13CCN(CC1CC1)[C@@H](C4)C3(O)C2. The van der Waals surface area contributed by atoms with Crippen molar-refractivity contribution in [2.75, 3.05) is 20.2 Å². The Kier molecular flexibility index (Phi) is 3.57. The van der Waals surface area contributed by atoms with Gasteiger partial charge in [-0.15, -0.1) is 0 Å². The van der Waals surface area contributed by atoms with Gasteiger partial charge in [0.05, 0.1) is 29.3 Å². The van der Waals surface area contributed by atoms with Crippen molar-refractivity contribution in [3.8, 4) is 17.2 Å². The summed E-state index contributed by atoms with van der Waals surface area (Å²) in [4.78, 5) is 7.65. The van der Waals surface area contributed by atoms with Gasteiger partial charge >= 0.3 is 0 Å². The third-order valence-corrected chi connectivity index (χ3v) is 9.39. The Hall–Kier alpha value is -2.83. The first-order chi connectivity index (χ1) is 16.5. The van der Waals surface area contributed by atoms with Gasteiger partial charge in [-0.05, 0) is 61.9 Å². The second-order valence-electron chi connectivity index (χ2n) is 11.0. The van der Waals surface area contributed by atoms with Crippen LogP contribution < -0.4 is 9.47 Å². The number of phenolic OH excluding ortho intramolecular Hbond substituents is 1. The van der Waals surface area contributed by atoms with Crippen molar-refractivity contribution in [1.82, 2.24) is 9.88 Å². The van der Waals surface area contributed by atoms with Gasteiger partial charge in [-0.25, -0.2) is 4.98 Å². The van der Waals surface area contributed by atoms with Crippen LogP contribution in [0.25, 0.3) is 10.9 Å². The summed E-state index contributed by atoms with van der Waals surface area (Å²) in [7, 11) is 1.70. The number of hydrogen-bond acceptors (Lipinski definition) is 6. The number of nitrogens with zero attached hydrogens (tertiary/aromatic N) is 2. The number of para-hydroxylation sites is 1. The zero-order valence-corrected chi connectivity index (χ0v) is 19.3. The number of hydrogen-bond donors (Lipinski definition) is 2. The number of rotatable bonds is 3. The lowest BCUT2D eigenvalue weighted by atomic mass is 9.49. The molecule has 2 unspecified atom stereocenters. The summed E-state index contributed by atoms with van der Waals surface area (Å²) in [6.45, 7) is 1.98. The van der Waals surface area contributed by atoms with Crippen LogP contribution in [-0.4, -0.2) is 51.9 Å². The van der Waals surface area contributed by atoms with E-state index in [9.17, 15) is 10.2 Å². The van der Waals surface area contributed by atoms with Gasteiger partial charge < -0.3 is 19.7 Å². The van der Waals surface area contributed by atoms with Crippen LogP contribution in [0.4, 0.5) is 0 Å². The highest BCUT2D eigenvalue weighted by Gasteiger charge is 2.73. The van der Waals surface area contributed by atoms with Crippen molar-refractivity contribution in [3.05, 3.63) is 58.8 Å². The molecular formula is C28H28N2O4. The lowest BCUT2D eigenvalue weighted by Crippen LogP contribution is -2.74. The van der Waals surface area contributed by atoms with E-state index < -0.39 is 17.1 Å². The first-order valence-electron chi connectivity index (χ1n) is 12.5. The Morgan fingerprint density at radius 3 is 2.88 bits per heavy atom. The number of benzene rings is 2. The van der Waals surface area contributed by atoms with E-state index in [-0.39, 0.29) is 11.8 Å². The van der Waals surface area contributed by atoms with E-state index in [0.29, 0.717) is 12.2 Å². The summed E-state index contributed by atoms with van der Waals surface area (Å²) in [5, 5.41) is 24.6. The lowest BCUT2D eigenvalue weighted by Gasteiger charge is -2.63. The molecule has 0 amide bonds. The topological polar surface area (TPSA) is 75.0 Å². The number of phenols is 1. The highest BCUT2D eigenvalue weighted by Crippen LogP contribution is 2.69. The zero-order chi connectivity index (χ0) is 22.8. The summed E-state index contributed by atoms with van der Waals surface area (Å²) < 4.78 is 12.6. The number of fused-ring (bicyclic) bond motifs is 3. The van der Waals surface area contributed by atoms with E-state index in [1.807, 2.05) is 30.3 Å². The summed E-state index contributed by atoms with van der Waals surface area (Å²) in [6.07, 6.45) is 4.16. The van der Waals surface area contributed by atoms with Crippen molar-refractivity contribution in [2.45, 2.75) is 55.3 Å². The number of ether oxygens (including phenoxy) is 2. The Morgan fingerprint density at radius 2 is 2.06 bits per heavy atom. The maximum atomic E-state index is 12.9. The summed E-state index contributed by atoms with van der Waals surface area (Å²) in [5.74, 6) is 2.22. The normalized spacial score (nSPS) is 32.8. The van der Waals surface area contributed by atoms with Crippen molar-refractivity contribution >= 4 is 10.9 Å². The van der Waals surface area contributed by atoms with E-state index in [1.54, 1.807) is 13.2 Å². The number of aliphatic hydroxyl groups is 1. The molecule has 8 rings (SSSR count). The maximum absolute atomic E-state index is 12.9. The number of likely N-dealkylation sites (tertiary alicyclic amines) is 1. The Bertz CT molecular complexity index is 1380. The van der Waals surface area contributed by atoms with Gasteiger partial charge in [-0.3, -0.25) is 4.90 Å². The van der Waals surface area contributed by atoms with Crippen molar-refractivity contribution in [1.29, 1.82) is 0 Å². The molecule has 2 N–H and O–H groups in total. The predicted molar refractivity (Wildman–Crippen MR) is 127 cm³/mol. The number of pyridine rings is 1. The highest BCUT2D eigenvalue weighted by molar-refractivity contribution is 5.87. The minimum absolute atomic E-state index is 0.000249. The van der Waals surface area contributed by atoms with Gasteiger partial charge in [-0.2, -0.15) is 0 Å². The van der Waals surface area contributed by atoms with Gasteiger partial charge in [0.15, 0.2) is 17.6 Å². The van der Waals surface area contributed by atoms with Gasteiger partial charge in [0.25, 0.3) is 0 Å². The van der Waals surface area contributed by atoms with E-state index in [4.69, 9.17) is 14.5 Å². The van der Waals surface area contributed by atoms with Gasteiger partial charge in [-0.1, -0.05) is 18.2 Å². The van der Waals surface area contributed by atoms with E-state index >= 15 is 0 Å². The average molecular weight is 457 g/mol. The first kappa shape index (κ1) is 19.5. The molecule has 3 heterocycles. The second kappa shape index (κ2) is 6.23. The largest absolute Gasteiger partial charge is 0.504 e. The van der Waals surface area contributed by atoms with Crippen LogP contribution in [0.2, 0.25) is 0 Å². The Morgan fingerprint density at radius 1 is 1.21 bits per heavy atom. The van der Waals surface area contributed by atoms with Crippen molar-refractivity contribution in [2.24, 2.45) is 5.92 Å². The fraction of sp³-hybridized carbons (Fsp3) is 0.464. The lowest BCUT2D eigenvalue weighted by molar-refractivity contribution is -0.173. The molecule has 1 saturated heterocycles. The van der Waals surface area contributed by atoms with E-state index in [0.717, 1.165) is 65.3 Å². The number of aromatic hydroxyl groups is 1. The number of aromatic nitrogens is 1. The van der Waals surface area contributed by atoms with Crippen LogP contribution in [-0.2, 0) is 18.3 Å². The summed E-state index contributed by atoms with van der Waals surface area (Å²) in [5.41, 5.74) is 3.22. The molecule has 6 nitrogen and oxygen atoms in total. The predicted octanol–water partition coefficient (Wildman–Crippen LogP) is 3.65. The molecule has 174 valence electrons. The van der Waals surface area contributed by atoms with Gasteiger partial charge in [0.2, 0.25) is 0 Å². The van der Waals surface area contributed by atoms with E-state index in [1.165, 1.54) is 18.4 Å². The fourth-order valence-electron chi connectivity index (χ4n) is 7.78. The first-order valence-corrected chi connectivity index (χ1v) is 12.5. The molecule has 34 heavy (non-hydrogen) atoms. The van der Waals surface area contributed by atoms with Crippen LogP contribution in [0.5, 0.6) is 17.2 Å². The smallest absolute Gasteiger partial charge is 0.166 e. The number of methoxy groups -OCH3 is 1. The standard InChI is InChI=1S/C28H28N2O4/c1-33-24-17-4-2-3-5-19(17)29-23-18(24)13-28(32)21-12-16-8-9-20(31)25-22(16)27(28,26(23)34-25)10-11-30(21)14-15-6-7-15/h2-5,8-9,15,21,26,31-32H,6-7,10-14H2,1H3/t21-,26?,27-,28?/m0/s1. The highest BCUT2D eigenvalue weighted by atomic mass is 16.5. The fourth-order valence-corrected chi connectivity index (χ4v) is 7.78. The molecule has 1 aromatic heterocycles. The molecule has 0 radical (unpaired) electrons. The summed E-state index contributed by atoms with van der Waals surface area (Å²) in [6, 6.07) is 11.8. The van der Waals surface area contributed by atoms with Crippen LogP contribution >= 0.6 is 0 Å². The molecule has 3 aliphatic carbocycles. The molecule has 4 atom stereocenters. The summed E-state index contributed by atoms with van der Waals surface area (Å²) >= 11 is 0. The molecule has 2 fully saturated rings. The Labute approximate surface area is 198 Å². The van der Waals surface area contributed by atoms with Crippen molar-refractivity contribution in [3.63, 3.8) is 0 Å². The molecule has 6 heteroatoms. The minimum atomic E-state index is -1.03. The molecule has 1 saturated carbocycles. The van der Waals surface area contributed by atoms with E-state index in [2.05, 4.69) is 4.90 Å². The molecule has 2 aromatic carbocycles. The molecule has 2 bridgehead atoms. The van der Waals surface area contributed by atoms with Crippen LogP contribution in [0.3, 0.4) is 0 Å². The van der Waals surface area contributed by atoms with Crippen LogP contribution in [0.15, 0.2) is 36.4 Å². The minimum Gasteiger partial charge on any atom is -0.504 e. The second-order valence-corrected chi connectivity index (χ2v) is 11.0. The van der Waals surface area contributed by atoms with Crippen molar-refractivity contribution < 1.29 is 19.7 Å².